The average Bonchev–Trinajstić information content (AvgIpc) is 3.38. The molecule has 37 heavy (non-hydrogen) atoms. The molecule has 1 fully saturated rings. The van der Waals surface area contributed by atoms with Crippen LogP contribution in [0.5, 0.6) is 0 Å². The fraction of sp³-hybridized carbons (Fsp3) is 0.261. The van der Waals surface area contributed by atoms with E-state index in [1.807, 2.05) is 0 Å². The molecule has 0 aliphatic carbocycles. The van der Waals surface area contributed by atoms with Crippen molar-refractivity contribution in [3.63, 3.8) is 0 Å². The van der Waals surface area contributed by atoms with Crippen molar-refractivity contribution >= 4 is 26.8 Å². The molecule has 2 aromatic carbocycles. The maximum absolute atomic E-state index is 15.1. The van der Waals surface area contributed by atoms with Crippen LogP contribution in [0.3, 0.4) is 0 Å². The van der Waals surface area contributed by atoms with Crippen molar-refractivity contribution < 1.29 is 21.8 Å². The Morgan fingerprint density at radius 2 is 1.81 bits per heavy atom. The van der Waals surface area contributed by atoms with Crippen molar-refractivity contribution in [3.05, 3.63) is 80.4 Å². The van der Waals surface area contributed by atoms with Crippen LogP contribution in [0.15, 0.2) is 56.6 Å². The van der Waals surface area contributed by atoms with Crippen molar-refractivity contribution in [2.24, 2.45) is 0 Å². The zero-order chi connectivity index (χ0) is 26.3. The molecule has 5 rings (SSSR count). The lowest BCUT2D eigenvalue weighted by atomic mass is 10.1. The van der Waals surface area contributed by atoms with E-state index in [1.54, 1.807) is 35.2 Å². The molecule has 3 heterocycles. The summed E-state index contributed by atoms with van der Waals surface area (Å²) in [5.41, 5.74) is -0.866. The Labute approximate surface area is 208 Å². The summed E-state index contributed by atoms with van der Waals surface area (Å²) in [6.45, 7) is 0.118. The number of hydrogen-bond acceptors (Lipinski definition) is 10. The van der Waals surface area contributed by atoms with Crippen LogP contribution in [-0.2, 0) is 16.3 Å². The van der Waals surface area contributed by atoms with Gasteiger partial charge >= 0.3 is 6.43 Å². The zero-order valence-corrected chi connectivity index (χ0v) is 19.9. The molecule has 1 saturated heterocycles. The third-order valence-electron chi connectivity index (χ3n) is 6.00. The first-order chi connectivity index (χ1) is 17.6. The molecule has 1 N–H and O–H groups in total. The summed E-state index contributed by atoms with van der Waals surface area (Å²) in [6, 6.07) is 9.56. The number of aromatic nitrogens is 3. The van der Waals surface area contributed by atoms with Crippen molar-refractivity contribution in [3.8, 4) is 11.5 Å². The molecular formula is C23H19F3N6O4S. The summed E-state index contributed by atoms with van der Waals surface area (Å²) in [5.74, 6) is -1.91. The van der Waals surface area contributed by atoms with Crippen LogP contribution >= 0.6 is 0 Å². The molecule has 0 spiro atoms. The molecule has 1 aliphatic rings. The van der Waals surface area contributed by atoms with Gasteiger partial charge in [0.1, 0.15) is 17.2 Å². The van der Waals surface area contributed by atoms with Gasteiger partial charge in [-0.1, -0.05) is 18.2 Å². The zero-order valence-electron chi connectivity index (χ0n) is 19.1. The lowest BCUT2D eigenvalue weighted by Gasteiger charge is -2.35. The lowest BCUT2D eigenvalue weighted by molar-refractivity contribution is 0.116. The molecule has 0 amide bonds. The van der Waals surface area contributed by atoms with E-state index >= 15 is 4.39 Å². The number of hydrogen-bond donors (Lipinski definition) is 1. The largest absolute Gasteiger partial charge is 0.415 e. The van der Waals surface area contributed by atoms with E-state index in [0.717, 1.165) is 6.07 Å². The smallest absolute Gasteiger partial charge is 0.314 e. The Hall–Kier alpha value is -4.07. The molecule has 0 atom stereocenters. The van der Waals surface area contributed by atoms with E-state index in [0.29, 0.717) is 5.69 Å². The van der Waals surface area contributed by atoms with Crippen LogP contribution in [-0.4, -0.2) is 44.0 Å². The summed E-state index contributed by atoms with van der Waals surface area (Å²) in [7, 11) is -2.73. The molecule has 14 heteroatoms. The minimum absolute atomic E-state index is 0.00554. The highest BCUT2D eigenvalue weighted by Crippen LogP contribution is 2.34. The number of anilines is 3. The van der Waals surface area contributed by atoms with Gasteiger partial charge in [0.15, 0.2) is 0 Å². The van der Waals surface area contributed by atoms with Gasteiger partial charge in [-0.2, -0.15) is 8.78 Å². The summed E-state index contributed by atoms with van der Waals surface area (Å²) < 4.78 is 65.3. The van der Waals surface area contributed by atoms with Crippen LogP contribution in [0, 0.1) is 10.6 Å². The summed E-state index contributed by atoms with van der Waals surface area (Å²) >= 11 is 0. The van der Waals surface area contributed by atoms with Crippen LogP contribution < -0.4 is 20.7 Å². The fourth-order valence-corrected chi connectivity index (χ4v) is 5.30. The number of benzene rings is 1. The Morgan fingerprint density at radius 1 is 1.11 bits per heavy atom. The number of nitrogens with one attached hydrogen (secondary N) is 1. The van der Waals surface area contributed by atoms with Gasteiger partial charge < -0.3 is 14.2 Å². The number of halogens is 3. The minimum atomic E-state index is -2.98. The normalized spacial score (nSPS) is 15.4. The van der Waals surface area contributed by atoms with E-state index < -0.39 is 38.7 Å². The van der Waals surface area contributed by atoms with E-state index in [9.17, 15) is 22.6 Å². The first-order valence-electron chi connectivity index (χ1n) is 11.1. The predicted octanol–water partition coefficient (Wildman–Crippen LogP) is 3.01. The molecule has 2 aromatic heterocycles. The predicted molar refractivity (Wildman–Crippen MR) is 129 cm³/mol. The Morgan fingerprint density at radius 3 is 2.43 bits per heavy atom. The van der Waals surface area contributed by atoms with Crippen molar-refractivity contribution in [1.82, 2.24) is 15.2 Å². The molecule has 1 aliphatic heterocycles. The average molecular weight is 533 g/mol. The van der Waals surface area contributed by atoms with Crippen LogP contribution in [0.2, 0.25) is 0 Å². The summed E-state index contributed by atoms with van der Waals surface area (Å²) in [5, 5.41) is 6.70. The van der Waals surface area contributed by atoms with Crippen molar-refractivity contribution in [1.29, 1.82) is 4.78 Å². The Balaban J connectivity index is 1.50. The molecule has 0 bridgehead atoms. The highest BCUT2D eigenvalue weighted by molar-refractivity contribution is 7.92. The van der Waals surface area contributed by atoms with Gasteiger partial charge in [-0.3, -0.25) is 19.4 Å². The molecule has 192 valence electrons. The first-order valence-corrected chi connectivity index (χ1v) is 13.0. The van der Waals surface area contributed by atoms with E-state index in [4.69, 9.17) is 9.20 Å². The van der Waals surface area contributed by atoms with Crippen LogP contribution in [0.25, 0.3) is 11.5 Å². The Bertz CT molecular complexity index is 1620. The number of nitrogens with zero attached hydrogens (tertiary/aromatic N) is 5. The third-order valence-corrected chi connectivity index (χ3v) is 7.68. The van der Waals surface area contributed by atoms with Crippen molar-refractivity contribution in [2.75, 3.05) is 34.4 Å². The molecule has 0 unspecified atom stereocenters. The number of alkyl halides is 2. The van der Waals surface area contributed by atoms with Gasteiger partial charge in [0, 0.05) is 46.2 Å². The van der Waals surface area contributed by atoms with Gasteiger partial charge in [0.05, 0.1) is 17.8 Å². The van der Waals surface area contributed by atoms with Gasteiger partial charge in [0.2, 0.25) is 5.89 Å². The maximum Gasteiger partial charge on any atom is 0.314 e. The number of rotatable bonds is 7. The van der Waals surface area contributed by atoms with E-state index in [1.165, 1.54) is 11.1 Å². The first kappa shape index (κ1) is 24.6. The van der Waals surface area contributed by atoms with E-state index in [-0.39, 0.29) is 59.7 Å². The van der Waals surface area contributed by atoms with E-state index in [2.05, 4.69) is 15.2 Å². The number of para-hydroxylation sites is 1. The molecule has 0 radical (unpaired) electrons. The molecular weight excluding hydrogens is 513 g/mol. The number of pyridine rings is 1. The van der Waals surface area contributed by atoms with Gasteiger partial charge in [-0.25, -0.2) is 8.60 Å². The SMILES string of the molecule is N=S1(=O)CCN(c2c(N(Cc3ncc(-c4nnc(C(F)F)o4)cc3F)c3ccccc3)c(=O)c2=O)CC1. The lowest BCUT2D eigenvalue weighted by Crippen LogP contribution is -2.49. The molecule has 0 saturated carbocycles. The molecule has 10 nitrogen and oxygen atoms in total. The van der Waals surface area contributed by atoms with Gasteiger partial charge in [-0.05, 0) is 18.2 Å². The van der Waals surface area contributed by atoms with Gasteiger partial charge in [-0.15, -0.1) is 10.2 Å². The summed E-state index contributed by atoms with van der Waals surface area (Å²) in [4.78, 5) is 32.5. The standard InChI is InChI=1S/C23H19F3N6O4S/c24-15-10-13(22-29-30-23(36-22)21(25)26)11-28-16(15)12-32(14-4-2-1-3-5-14)18-17(19(33)20(18)34)31-6-8-37(27,35)9-7-31/h1-5,10-11,21,27H,6-9,12H2. The second kappa shape index (κ2) is 9.42. The molecule has 4 aromatic rings. The topological polar surface area (TPSA) is 133 Å². The maximum atomic E-state index is 15.1. The van der Waals surface area contributed by atoms with Gasteiger partial charge in [0.25, 0.3) is 16.7 Å². The quantitative estimate of drug-likeness (QED) is 0.357. The summed E-state index contributed by atoms with van der Waals surface area (Å²) in [6.07, 6.45) is -1.79. The third kappa shape index (κ3) is 4.71. The Kier molecular flexibility index (Phi) is 6.27. The van der Waals surface area contributed by atoms with Crippen LogP contribution in [0.4, 0.5) is 30.2 Å². The second-order valence-electron chi connectivity index (χ2n) is 8.38. The minimum Gasteiger partial charge on any atom is -0.415 e. The monoisotopic (exact) mass is 532 g/mol. The van der Waals surface area contributed by atoms with Crippen molar-refractivity contribution in [2.45, 2.75) is 13.0 Å². The highest BCUT2D eigenvalue weighted by atomic mass is 32.2. The highest BCUT2D eigenvalue weighted by Gasteiger charge is 2.33. The fourth-order valence-electron chi connectivity index (χ4n) is 4.06. The van der Waals surface area contributed by atoms with Crippen LogP contribution in [0.1, 0.15) is 18.0 Å². The second-order valence-corrected chi connectivity index (χ2v) is 10.8.